The maximum absolute atomic E-state index is 13.2. The van der Waals surface area contributed by atoms with Crippen molar-refractivity contribution in [2.24, 2.45) is 17.8 Å². The zero-order valence-corrected chi connectivity index (χ0v) is 21.1. The fourth-order valence-electron chi connectivity index (χ4n) is 6.42. The first-order chi connectivity index (χ1) is 17.5. The molecule has 3 fully saturated rings. The maximum atomic E-state index is 13.2. The lowest BCUT2D eigenvalue weighted by Crippen LogP contribution is -2.52. The zero-order chi connectivity index (χ0) is 25.1. The highest BCUT2D eigenvalue weighted by Gasteiger charge is 2.32. The van der Waals surface area contributed by atoms with Crippen molar-refractivity contribution in [3.63, 3.8) is 0 Å². The highest BCUT2D eigenvalue weighted by molar-refractivity contribution is 5.80. The summed E-state index contributed by atoms with van der Waals surface area (Å²) < 4.78 is 1.32. The zero-order valence-electron chi connectivity index (χ0n) is 21.1. The molecule has 194 valence electrons. The van der Waals surface area contributed by atoms with Crippen LogP contribution in [0.2, 0.25) is 0 Å². The van der Waals surface area contributed by atoms with E-state index in [0.29, 0.717) is 56.0 Å². The lowest BCUT2D eigenvalue weighted by molar-refractivity contribution is -0.143. The molecule has 1 N–H and O–H groups in total. The predicted molar refractivity (Wildman–Crippen MR) is 139 cm³/mol. The Morgan fingerprint density at radius 1 is 0.806 bits per heavy atom. The van der Waals surface area contributed by atoms with E-state index >= 15 is 0 Å². The van der Waals surface area contributed by atoms with Crippen molar-refractivity contribution in [2.75, 3.05) is 26.2 Å². The van der Waals surface area contributed by atoms with Crippen LogP contribution in [-0.2, 0) is 16.1 Å². The quantitative estimate of drug-likeness (QED) is 0.691. The molecule has 0 spiro atoms. The molecule has 1 aromatic carbocycles. The predicted octanol–water partition coefficient (Wildman–Crippen LogP) is 3.14. The number of piperazine rings is 1. The molecule has 2 amide bonds. The third-order valence-electron chi connectivity index (χ3n) is 8.66. The van der Waals surface area contributed by atoms with Gasteiger partial charge in [-0.1, -0.05) is 31.4 Å². The van der Waals surface area contributed by atoms with Crippen molar-refractivity contribution in [1.82, 2.24) is 19.4 Å². The van der Waals surface area contributed by atoms with Crippen LogP contribution in [0.5, 0.6) is 0 Å². The van der Waals surface area contributed by atoms with Crippen LogP contribution in [0.15, 0.2) is 33.9 Å². The molecule has 2 aromatic rings. The number of benzene rings is 1. The second-order valence-electron chi connectivity index (χ2n) is 11.0. The minimum Gasteiger partial charge on any atom is -0.339 e. The van der Waals surface area contributed by atoms with E-state index in [1.54, 1.807) is 24.3 Å². The Labute approximate surface area is 211 Å². The van der Waals surface area contributed by atoms with Crippen molar-refractivity contribution >= 4 is 22.7 Å². The van der Waals surface area contributed by atoms with Gasteiger partial charge in [-0.2, -0.15) is 0 Å². The Balaban J connectivity index is 1.10. The summed E-state index contributed by atoms with van der Waals surface area (Å²) in [6.45, 7) is 2.91. The van der Waals surface area contributed by atoms with Gasteiger partial charge in [0.15, 0.2) is 0 Å². The molecule has 1 saturated heterocycles. The number of H-pyrrole nitrogens is 1. The van der Waals surface area contributed by atoms with Gasteiger partial charge in [0.1, 0.15) is 0 Å². The van der Waals surface area contributed by atoms with Gasteiger partial charge in [-0.15, -0.1) is 0 Å². The number of aromatic nitrogens is 2. The van der Waals surface area contributed by atoms with E-state index in [1.165, 1.54) is 36.7 Å². The second kappa shape index (κ2) is 11.0. The van der Waals surface area contributed by atoms with Crippen molar-refractivity contribution in [3.05, 3.63) is 45.1 Å². The Morgan fingerprint density at radius 2 is 1.47 bits per heavy atom. The molecule has 8 heteroatoms. The van der Waals surface area contributed by atoms with Crippen molar-refractivity contribution in [3.8, 4) is 0 Å². The summed E-state index contributed by atoms with van der Waals surface area (Å²) >= 11 is 0. The average Bonchev–Trinajstić information content (AvgIpc) is 2.91. The number of carbonyl (C=O) groups excluding carboxylic acids is 2. The van der Waals surface area contributed by atoms with Gasteiger partial charge in [-0.3, -0.25) is 19.0 Å². The van der Waals surface area contributed by atoms with Gasteiger partial charge in [0.2, 0.25) is 11.8 Å². The van der Waals surface area contributed by atoms with Crippen LogP contribution in [0.4, 0.5) is 0 Å². The van der Waals surface area contributed by atoms with Crippen molar-refractivity contribution in [1.29, 1.82) is 0 Å². The molecule has 8 nitrogen and oxygen atoms in total. The first-order valence-electron chi connectivity index (χ1n) is 13.8. The normalized spacial score (nSPS) is 23.7. The van der Waals surface area contributed by atoms with Crippen LogP contribution in [0, 0.1) is 17.8 Å². The summed E-state index contributed by atoms with van der Waals surface area (Å²) in [7, 11) is 0. The van der Waals surface area contributed by atoms with E-state index in [2.05, 4.69) is 4.98 Å². The fraction of sp³-hybridized carbons (Fsp3) is 0.643. The average molecular weight is 495 g/mol. The summed E-state index contributed by atoms with van der Waals surface area (Å²) in [6.07, 6.45) is 10.0. The molecule has 0 unspecified atom stereocenters. The molecule has 1 aromatic heterocycles. The van der Waals surface area contributed by atoms with E-state index < -0.39 is 0 Å². The van der Waals surface area contributed by atoms with Crippen molar-refractivity contribution in [2.45, 2.75) is 70.8 Å². The lowest BCUT2D eigenvalue weighted by Gasteiger charge is -2.38. The fourth-order valence-corrected chi connectivity index (χ4v) is 6.42. The number of aromatic amines is 1. The van der Waals surface area contributed by atoms with Gasteiger partial charge in [0.05, 0.1) is 10.9 Å². The minimum atomic E-state index is -0.368. The van der Waals surface area contributed by atoms with Gasteiger partial charge < -0.3 is 14.8 Å². The third-order valence-corrected chi connectivity index (χ3v) is 8.66. The first-order valence-corrected chi connectivity index (χ1v) is 13.8. The lowest BCUT2D eigenvalue weighted by atomic mass is 9.81. The molecule has 3 aliphatic rings. The molecule has 1 aliphatic heterocycles. The van der Waals surface area contributed by atoms with Gasteiger partial charge in [-0.25, -0.2) is 4.79 Å². The molecular weight excluding hydrogens is 456 g/mol. The summed E-state index contributed by atoms with van der Waals surface area (Å²) in [5.41, 5.74) is -0.0508. The highest BCUT2D eigenvalue weighted by Crippen LogP contribution is 2.31. The largest absolute Gasteiger partial charge is 0.339 e. The molecule has 0 bridgehead atoms. The Bertz CT molecular complexity index is 1200. The topological polar surface area (TPSA) is 95.5 Å². The van der Waals surface area contributed by atoms with Gasteiger partial charge in [0, 0.05) is 45.1 Å². The number of fused-ring (bicyclic) bond motifs is 1. The molecule has 2 aliphatic carbocycles. The van der Waals surface area contributed by atoms with E-state index in [1.807, 2.05) is 9.80 Å². The summed E-state index contributed by atoms with van der Waals surface area (Å²) in [6, 6.07) is 7.08. The standard InChI is InChI=1S/C28H38N4O4/c33-25(18-20-6-2-1-3-7-20)30-14-16-31(17-15-30)26(34)22-12-10-21(11-13-22)19-32-27(35)23-8-4-5-9-24(23)29-28(32)36/h4-5,8-9,20-22H,1-3,6-7,10-19H2,(H,29,36). The second-order valence-corrected chi connectivity index (χ2v) is 11.0. The first kappa shape index (κ1) is 24.8. The van der Waals surface area contributed by atoms with Crippen LogP contribution in [0.1, 0.15) is 64.2 Å². The molecule has 36 heavy (non-hydrogen) atoms. The third kappa shape index (κ3) is 5.42. The molecule has 0 atom stereocenters. The number of carbonyl (C=O) groups is 2. The van der Waals surface area contributed by atoms with Crippen LogP contribution in [0.3, 0.4) is 0 Å². The Morgan fingerprint density at radius 3 is 2.19 bits per heavy atom. The number of nitrogens with one attached hydrogen (secondary N) is 1. The number of amides is 2. The molecule has 0 radical (unpaired) electrons. The summed E-state index contributed by atoms with van der Waals surface area (Å²) in [5.74, 6) is 1.21. The van der Waals surface area contributed by atoms with Crippen LogP contribution >= 0.6 is 0 Å². The van der Waals surface area contributed by atoms with Crippen LogP contribution < -0.4 is 11.2 Å². The van der Waals surface area contributed by atoms with E-state index in [0.717, 1.165) is 25.7 Å². The van der Waals surface area contributed by atoms with E-state index in [9.17, 15) is 19.2 Å². The molecule has 2 saturated carbocycles. The number of nitrogens with zero attached hydrogens (tertiary/aromatic N) is 3. The molecule has 5 rings (SSSR count). The summed E-state index contributed by atoms with van der Waals surface area (Å²) in [5, 5.41) is 0.525. The number of para-hydroxylation sites is 1. The monoisotopic (exact) mass is 494 g/mol. The highest BCUT2D eigenvalue weighted by atomic mass is 16.2. The summed E-state index contributed by atoms with van der Waals surface area (Å²) in [4.78, 5) is 58.0. The smallest absolute Gasteiger partial charge is 0.328 e. The van der Waals surface area contributed by atoms with Gasteiger partial charge in [-0.05, 0) is 62.5 Å². The van der Waals surface area contributed by atoms with Gasteiger partial charge in [0.25, 0.3) is 5.56 Å². The van der Waals surface area contributed by atoms with Gasteiger partial charge >= 0.3 is 5.69 Å². The minimum absolute atomic E-state index is 0.00245. The van der Waals surface area contributed by atoms with E-state index in [-0.39, 0.29) is 34.9 Å². The van der Waals surface area contributed by atoms with Crippen LogP contribution in [0.25, 0.3) is 10.9 Å². The number of hydrogen-bond donors (Lipinski definition) is 1. The number of rotatable bonds is 5. The Hall–Kier alpha value is -2.90. The Kier molecular flexibility index (Phi) is 7.58. The van der Waals surface area contributed by atoms with E-state index in [4.69, 9.17) is 0 Å². The number of hydrogen-bond acceptors (Lipinski definition) is 4. The SMILES string of the molecule is O=C(CC1CCCCC1)N1CCN(C(=O)C2CCC(Cn3c(=O)[nH]c4ccccc4c3=O)CC2)CC1. The maximum Gasteiger partial charge on any atom is 0.328 e. The molecule has 2 heterocycles. The molecular formula is C28H38N4O4. The van der Waals surface area contributed by atoms with Crippen LogP contribution in [-0.4, -0.2) is 57.3 Å². The van der Waals surface area contributed by atoms with Crippen molar-refractivity contribution < 1.29 is 9.59 Å².